The normalized spacial score (nSPS) is 11.1. The number of nitrogens with zero attached hydrogens (tertiary/aromatic N) is 3. The maximum Gasteiger partial charge on any atom is 0.335 e. The zero-order chi connectivity index (χ0) is 22.7. The van der Waals surface area contributed by atoms with E-state index in [1.807, 2.05) is 71.8 Å². The number of para-hydroxylation sites is 1. The molecular formula is C25H22N4O3. The molecule has 0 spiro atoms. The lowest BCUT2D eigenvalue weighted by molar-refractivity contribution is 0.0696. The van der Waals surface area contributed by atoms with E-state index in [-0.39, 0.29) is 11.5 Å². The van der Waals surface area contributed by atoms with E-state index >= 15 is 0 Å². The molecule has 0 aliphatic carbocycles. The number of benzene rings is 2. The monoisotopic (exact) mass is 426 g/mol. The van der Waals surface area contributed by atoms with Crippen molar-refractivity contribution >= 4 is 18.1 Å². The molecule has 0 bridgehead atoms. The molecule has 0 radical (unpaired) electrons. The highest BCUT2D eigenvalue weighted by Crippen LogP contribution is 2.20. The Balaban J connectivity index is 1.53. The van der Waals surface area contributed by atoms with E-state index in [4.69, 9.17) is 5.11 Å². The van der Waals surface area contributed by atoms with E-state index in [0.29, 0.717) is 5.56 Å². The first-order valence-corrected chi connectivity index (χ1v) is 10.0. The molecule has 0 atom stereocenters. The largest absolute Gasteiger partial charge is 0.478 e. The van der Waals surface area contributed by atoms with Crippen molar-refractivity contribution in [3.8, 4) is 11.4 Å². The van der Waals surface area contributed by atoms with Crippen LogP contribution in [0.25, 0.3) is 11.4 Å². The van der Waals surface area contributed by atoms with Crippen molar-refractivity contribution in [1.82, 2.24) is 14.6 Å². The highest BCUT2D eigenvalue weighted by atomic mass is 16.4. The maximum absolute atomic E-state index is 12.7. The fraction of sp³-hybridized carbons (Fsp3) is 0.0800. The van der Waals surface area contributed by atoms with Gasteiger partial charge >= 0.3 is 5.97 Å². The van der Waals surface area contributed by atoms with Crippen LogP contribution in [0.1, 0.15) is 37.7 Å². The number of rotatable bonds is 6. The number of carboxylic acid groups (broad SMARTS) is 1. The molecule has 2 heterocycles. The van der Waals surface area contributed by atoms with Gasteiger partial charge in [-0.2, -0.15) is 5.10 Å². The van der Waals surface area contributed by atoms with E-state index < -0.39 is 5.97 Å². The number of hydrogen-bond donors (Lipinski definition) is 2. The third kappa shape index (κ3) is 4.09. The predicted octanol–water partition coefficient (Wildman–Crippen LogP) is 4.35. The van der Waals surface area contributed by atoms with Crippen molar-refractivity contribution in [2.75, 3.05) is 0 Å². The number of hydrogen-bond acceptors (Lipinski definition) is 3. The molecule has 2 N–H and O–H groups in total. The number of aromatic carboxylic acids is 1. The lowest BCUT2D eigenvalue weighted by Crippen LogP contribution is -2.19. The van der Waals surface area contributed by atoms with Crippen molar-refractivity contribution in [3.05, 3.63) is 107 Å². The summed E-state index contributed by atoms with van der Waals surface area (Å²) in [5.74, 6) is -1.26. The van der Waals surface area contributed by atoms with Gasteiger partial charge in [-0.1, -0.05) is 12.1 Å². The van der Waals surface area contributed by atoms with Gasteiger partial charge < -0.3 is 14.2 Å². The minimum absolute atomic E-state index is 0.237. The minimum atomic E-state index is -0.959. The molecular weight excluding hydrogens is 404 g/mol. The number of nitrogens with one attached hydrogen (secondary N) is 1. The van der Waals surface area contributed by atoms with Crippen LogP contribution in [0, 0.1) is 13.8 Å². The van der Waals surface area contributed by atoms with Crippen LogP contribution in [-0.4, -0.2) is 32.3 Å². The molecule has 0 unspecified atom stereocenters. The number of aromatic nitrogens is 2. The Morgan fingerprint density at radius 3 is 2.34 bits per heavy atom. The maximum atomic E-state index is 12.7. The van der Waals surface area contributed by atoms with E-state index in [2.05, 4.69) is 10.5 Å². The summed E-state index contributed by atoms with van der Waals surface area (Å²) in [6.07, 6.45) is 5.38. The molecule has 4 rings (SSSR count). The van der Waals surface area contributed by atoms with Crippen LogP contribution in [0.2, 0.25) is 0 Å². The van der Waals surface area contributed by atoms with Crippen LogP contribution in [-0.2, 0) is 0 Å². The Hall–Kier alpha value is -4.39. The van der Waals surface area contributed by atoms with Gasteiger partial charge in [-0.25, -0.2) is 10.2 Å². The molecule has 32 heavy (non-hydrogen) atoms. The Bertz CT molecular complexity index is 1300. The number of carboxylic acids is 1. The van der Waals surface area contributed by atoms with Crippen LogP contribution in [0.5, 0.6) is 0 Å². The Morgan fingerprint density at radius 2 is 1.66 bits per heavy atom. The summed E-state index contributed by atoms with van der Waals surface area (Å²) in [6.45, 7) is 3.91. The zero-order valence-electron chi connectivity index (χ0n) is 17.7. The number of aryl methyl sites for hydroxylation is 1. The van der Waals surface area contributed by atoms with E-state index in [9.17, 15) is 9.59 Å². The summed E-state index contributed by atoms with van der Waals surface area (Å²) in [5, 5.41) is 13.3. The van der Waals surface area contributed by atoms with Crippen molar-refractivity contribution in [2.24, 2.45) is 5.10 Å². The second-order valence-corrected chi connectivity index (χ2v) is 7.32. The van der Waals surface area contributed by atoms with Crippen molar-refractivity contribution in [1.29, 1.82) is 0 Å². The van der Waals surface area contributed by atoms with E-state index in [0.717, 1.165) is 28.3 Å². The first kappa shape index (κ1) is 20.9. The average Bonchev–Trinajstić information content (AvgIpc) is 3.42. The van der Waals surface area contributed by atoms with Crippen LogP contribution < -0.4 is 5.43 Å². The first-order chi connectivity index (χ1) is 15.5. The second kappa shape index (κ2) is 8.77. The first-order valence-electron chi connectivity index (χ1n) is 10.0. The van der Waals surface area contributed by atoms with Gasteiger partial charge in [0.15, 0.2) is 0 Å². The fourth-order valence-electron chi connectivity index (χ4n) is 3.68. The van der Waals surface area contributed by atoms with Crippen LogP contribution >= 0.6 is 0 Å². The molecule has 7 nitrogen and oxygen atoms in total. The van der Waals surface area contributed by atoms with E-state index in [1.165, 1.54) is 0 Å². The molecule has 2 aromatic heterocycles. The van der Waals surface area contributed by atoms with Crippen molar-refractivity contribution in [2.45, 2.75) is 13.8 Å². The summed E-state index contributed by atoms with van der Waals surface area (Å²) >= 11 is 0. The number of amides is 1. The molecule has 7 heteroatoms. The molecule has 0 saturated carbocycles. The zero-order valence-corrected chi connectivity index (χ0v) is 17.7. The summed E-state index contributed by atoms with van der Waals surface area (Å²) in [5.41, 5.74) is 7.74. The SMILES string of the molecule is Cc1cc(C=NNC(=O)c2ccccc2-n2cccc2)c(C)n1-c1ccc(C(=O)O)cc1. The summed E-state index contributed by atoms with van der Waals surface area (Å²) < 4.78 is 3.89. The van der Waals surface area contributed by atoms with Gasteiger partial charge in [0.25, 0.3) is 5.91 Å². The molecule has 0 saturated heterocycles. The molecule has 160 valence electrons. The van der Waals surface area contributed by atoms with Gasteiger partial charge in [0.05, 0.1) is 23.0 Å². The van der Waals surface area contributed by atoms with Crippen LogP contribution in [0.15, 0.2) is 84.2 Å². The molecule has 2 aromatic carbocycles. The molecule has 1 amide bonds. The van der Waals surface area contributed by atoms with Crippen LogP contribution in [0.4, 0.5) is 0 Å². The van der Waals surface area contributed by atoms with Gasteiger partial charge in [0, 0.05) is 35.0 Å². The summed E-state index contributed by atoms with van der Waals surface area (Å²) in [7, 11) is 0. The summed E-state index contributed by atoms with van der Waals surface area (Å²) in [4.78, 5) is 23.8. The van der Waals surface area contributed by atoms with E-state index in [1.54, 1.807) is 36.5 Å². The number of carbonyl (C=O) groups excluding carboxylic acids is 1. The Labute approximate surface area is 185 Å². The molecule has 4 aromatic rings. The fourth-order valence-corrected chi connectivity index (χ4v) is 3.68. The topological polar surface area (TPSA) is 88.6 Å². The average molecular weight is 426 g/mol. The Kier molecular flexibility index (Phi) is 5.72. The molecule has 0 aliphatic heterocycles. The molecule has 0 fully saturated rings. The summed E-state index contributed by atoms with van der Waals surface area (Å²) in [6, 6.07) is 19.8. The lowest BCUT2D eigenvalue weighted by Gasteiger charge is -2.10. The predicted molar refractivity (Wildman–Crippen MR) is 123 cm³/mol. The van der Waals surface area contributed by atoms with Gasteiger partial charge in [0.2, 0.25) is 0 Å². The van der Waals surface area contributed by atoms with Crippen molar-refractivity contribution in [3.63, 3.8) is 0 Å². The van der Waals surface area contributed by atoms with Crippen molar-refractivity contribution < 1.29 is 14.7 Å². The highest BCUT2D eigenvalue weighted by Gasteiger charge is 2.13. The second-order valence-electron chi connectivity index (χ2n) is 7.32. The minimum Gasteiger partial charge on any atom is -0.478 e. The van der Waals surface area contributed by atoms with Gasteiger partial charge in [-0.15, -0.1) is 0 Å². The third-order valence-corrected chi connectivity index (χ3v) is 5.24. The quantitative estimate of drug-likeness (QED) is 0.355. The van der Waals surface area contributed by atoms with Gasteiger partial charge in [0.1, 0.15) is 0 Å². The number of carbonyl (C=O) groups is 2. The smallest absolute Gasteiger partial charge is 0.335 e. The standard InChI is InChI=1S/C25H22N4O3/c1-17-15-20(18(2)29(17)21-11-9-19(10-12-21)25(31)32)16-26-27-24(30)22-7-3-4-8-23(22)28-13-5-6-14-28/h3-16H,1-2H3,(H,27,30)(H,31,32). The Morgan fingerprint density at radius 1 is 0.969 bits per heavy atom. The number of hydrazone groups is 1. The highest BCUT2D eigenvalue weighted by molar-refractivity contribution is 5.98. The lowest BCUT2D eigenvalue weighted by atomic mass is 10.1. The van der Waals surface area contributed by atoms with Gasteiger partial charge in [-0.05, 0) is 68.4 Å². The third-order valence-electron chi connectivity index (χ3n) is 5.24. The van der Waals surface area contributed by atoms with Gasteiger partial charge in [-0.3, -0.25) is 4.79 Å². The molecule has 0 aliphatic rings. The van der Waals surface area contributed by atoms with Crippen LogP contribution in [0.3, 0.4) is 0 Å².